The van der Waals surface area contributed by atoms with E-state index in [0.29, 0.717) is 34.6 Å². The Labute approximate surface area is 216 Å². The quantitative estimate of drug-likeness (QED) is 0.297. The van der Waals surface area contributed by atoms with Crippen LogP contribution in [0.2, 0.25) is 0 Å². The minimum absolute atomic E-state index is 0.116. The summed E-state index contributed by atoms with van der Waals surface area (Å²) in [6.07, 6.45) is 0. The molecule has 0 amide bonds. The first kappa shape index (κ1) is 26.0. The summed E-state index contributed by atoms with van der Waals surface area (Å²) in [5.74, 6) is 0.809. The molecule has 1 aromatic heterocycles. The summed E-state index contributed by atoms with van der Waals surface area (Å²) < 4.78 is 17.1. The van der Waals surface area contributed by atoms with Gasteiger partial charge in [0.2, 0.25) is 0 Å². The van der Waals surface area contributed by atoms with Crippen molar-refractivity contribution in [3.05, 3.63) is 93.6 Å². The summed E-state index contributed by atoms with van der Waals surface area (Å²) in [7, 11) is 5.35. The van der Waals surface area contributed by atoms with Gasteiger partial charge in [-0.25, -0.2) is 4.79 Å². The lowest BCUT2D eigenvalue weighted by Crippen LogP contribution is -2.19. The third-order valence-electron chi connectivity index (χ3n) is 6.12. The molecule has 7 heteroatoms. The number of carbonyl (C=O) groups excluding carboxylic acids is 1. The molecule has 7 nitrogen and oxygen atoms in total. The van der Waals surface area contributed by atoms with E-state index in [2.05, 4.69) is 10.2 Å². The number of hydrogen-bond acceptors (Lipinski definition) is 7. The topological polar surface area (TPSA) is 81.0 Å². The Balaban J connectivity index is 1.69. The Bertz CT molecular complexity index is 1460. The van der Waals surface area contributed by atoms with Gasteiger partial charge >= 0.3 is 5.97 Å². The number of nitrogens with zero attached hydrogens (tertiary/aromatic N) is 1. The van der Waals surface area contributed by atoms with Gasteiger partial charge < -0.3 is 24.1 Å². The van der Waals surface area contributed by atoms with Gasteiger partial charge in [-0.1, -0.05) is 18.2 Å². The Morgan fingerprint density at radius 2 is 1.78 bits per heavy atom. The number of ether oxygens (including phenoxy) is 2. The van der Waals surface area contributed by atoms with Crippen molar-refractivity contribution < 1.29 is 18.7 Å². The molecule has 0 unspecified atom stereocenters. The molecule has 0 bridgehead atoms. The maximum Gasteiger partial charge on any atom is 0.339 e. The third kappa shape index (κ3) is 6.01. The molecule has 0 spiro atoms. The van der Waals surface area contributed by atoms with Gasteiger partial charge in [-0.15, -0.1) is 0 Å². The molecule has 192 valence electrons. The van der Waals surface area contributed by atoms with Gasteiger partial charge in [0.05, 0.1) is 24.1 Å². The number of likely N-dealkylation sites (N-methyl/N-ethyl adjacent to an activating group) is 1. The minimum atomic E-state index is -0.424. The van der Waals surface area contributed by atoms with Crippen molar-refractivity contribution in [2.24, 2.45) is 0 Å². The van der Waals surface area contributed by atoms with E-state index in [4.69, 9.17) is 13.9 Å². The van der Waals surface area contributed by atoms with Crippen molar-refractivity contribution in [1.82, 2.24) is 4.90 Å². The molecule has 0 radical (unpaired) electrons. The second-order valence-electron chi connectivity index (χ2n) is 9.29. The lowest BCUT2D eigenvalue weighted by atomic mass is 10.00. The van der Waals surface area contributed by atoms with Gasteiger partial charge in [-0.05, 0) is 76.0 Å². The number of rotatable bonds is 9. The number of carbonyl (C=O) groups is 1. The van der Waals surface area contributed by atoms with E-state index < -0.39 is 5.97 Å². The molecule has 1 atom stereocenters. The fraction of sp³-hybridized carbons (Fsp3) is 0.267. The maximum absolute atomic E-state index is 13.1. The number of aryl methyl sites for hydroxylation is 1. The number of benzene rings is 3. The smallest absolute Gasteiger partial charge is 0.339 e. The molecule has 1 N–H and O–H groups in total. The van der Waals surface area contributed by atoms with Crippen molar-refractivity contribution in [2.45, 2.75) is 19.9 Å². The normalized spacial score (nSPS) is 11.9. The number of esters is 1. The van der Waals surface area contributed by atoms with Gasteiger partial charge in [-0.3, -0.25) is 4.79 Å². The zero-order chi connectivity index (χ0) is 26.5. The van der Waals surface area contributed by atoms with Crippen molar-refractivity contribution in [3.63, 3.8) is 0 Å². The molecule has 0 saturated heterocycles. The highest BCUT2D eigenvalue weighted by atomic mass is 16.5. The lowest BCUT2D eigenvalue weighted by molar-refractivity contribution is 0.0602. The molecule has 0 aliphatic heterocycles. The first-order valence-corrected chi connectivity index (χ1v) is 12.2. The summed E-state index contributed by atoms with van der Waals surface area (Å²) in [6, 6.07) is 19.8. The maximum atomic E-state index is 13.1. The summed E-state index contributed by atoms with van der Waals surface area (Å²) in [4.78, 5) is 27.4. The SMILES string of the molecule is COC(=O)c1ccccc1N[C@H](C)c1cc(C)cc2c(=O)cc(-c3ccc(OCCN(C)C)cc3)oc12. The van der Waals surface area contributed by atoms with Crippen LogP contribution in [0.4, 0.5) is 5.69 Å². The van der Waals surface area contributed by atoms with Gasteiger partial charge in [0.1, 0.15) is 23.7 Å². The lowest BCUT2D eigenvalue weighted by Gasteiger charge is -2.19. The van der Waals surface area contributed by atoms with Crippen LogP contribution < -0.4 is 15.5 Å². The van der Waals surface area contributed by atoms with E-state index >= 15 is 0 Å². The molecular weight excluding hydrogens is 468 g/mol. The average molecular weight is 501 g/mol. The first-order valence-electron chi connectivity index (χ1n) is 12.2. The molecule has 3 aromatic carbocycles. The van der Waals surface area contributed by atoms with Crippen LogP contribution in [0.25, 0.3) is 22.3 Å². The minimum Gasteiger partial charge on any atom is -0.492 e. The number of methoxy groups -OCH3 is 1. The Hall–Kier alpha value is -4.10. The van der Waals surface area contributed by atoms with Crippen LogP contribution in [0.15, 0.2) is 75.9 Å². The summed E-state index contributed by atoms with van der Waals surface area (Å²) in [5.41, 5.74) is 4.00. The highest BCUT2D eigenvalue weighted by Gasteiger charge is 2.19. The second-order valence-corrected chi connectivity index (χ2v) is 9.29. The van der Waals surface area contributed by atoms with Crippen LogP contribution in [-0.4, -0.2) is 45.2 Å². The van der Waals surface area contributed by atoms with Crippen molar-refractivity contribution >= 4 is 22.6 Å². The first-order chi connectivity index (χ1) is 17.8. The Morgan fingerprint density at radius 1 is 1.05 bits per heavy atom. The van der Waals surface area contributed by atoms with E-state index in [1.165, 1.54) is 13.2 Å². The predicted octanol–water partition coefficient (Wildman–Crippen LogP) is 5.67. The second kappa shape index (κ2) is 11.3. The Morgan fingerprint density at radius 3 is 2.49 bits per heavy atom. The number of fused-ring (bicyclic) bond motifs is 1. The van der Waals surface area contributed by atoms with Crippen LogP contribution >= 0.6 is 0 Å². The van der Waals surface area contributed by atoms with Crippen LogP contribution in [0, 0.1) is 6.92 Å². The summed E-state index contributed by atoms with van der Waals surface area (Å²) in [5, 5.41) is 3.90. The van der Waals surface area contributed by atoms with Crippen LogP contribution in [0.5, 0.6) is 5.75 Å². The van der Waals surface area contributed by atoms with Gasteiger partial charge in [-0.2, -0.15) is 0 Å². The predicted molar refractivity (Wildman–Crippen MR) is 147 cm³/mol. The number of anilines is 1. The largest absolute Gasteiger partial charge is 0.492 e. The third-order valence-corrected chi connectivity index (χ3v) is 6.12. The highest BCUT2D eigenvalue weighted by Crippen LogP contribution is 2.32. The van der Waals surface area contributed by atoms with Crippen molar-refractivity contribution in [1.29, 1.82) is 0 Å². The molecule has 4 aromatic rings. The molecule has 37 heavy (non-hydrogen) atoms. The van der Waals surface area contributed by atoms with Crippen LogP contribution in [0.3, 0.4) is 0 Å². The van der Waals surface area contributed by atoms with E-state index in [0.717, 1.165) is 29.0 Å². The molecule has 0 aliphatic carbocycles. The average Bonchev–Trinajstić information content (AvgIpc) is 2.88. The standard InChI is InChI=1S/C30H32N2O5/c1-19-16-24(20(2)31-26-9-7-6-8-23(26)30(34)35-5)29-25(17-19)27(33)18-28(37-29)21-10-12-22(13-11-21)36-15-14-32(3)4/h6-13,16-18,20,31H,14-15H2,1-5H3/t20-/m1/s1. The van der Waals surface area contributed by atoms with Gasteiger partial charge in [0.25, 0.3) is 0 Å². The van der Waals surface area contributed by atoms with E-state index in [9.17, 15) is 9.59 Å². The molecule has 1 heterocycles. The fourth-order valence-electron chi connectivity index (χ4n) is 4.17. The van der Waals surface area contributed by atoms with Crippen molar-refractivity contribution in [2.75, 3.05) is 39.7 Å². The van der Waals surface area contributed by atoms with E-state index in [-0.39, 0.29) is 11.5 Å². The summed E-state index contributed by atoms with van der Waals surface area (Å²) >= 11 is 0. The van der Waals surface area contributed by atoms with Crippen molar-refractivity contribution in [3.8, 4) is 17.1 Å². The molecule has 0 fully saturated rings. The van der Waals surface area contributed by atoms with Gasteiger partial charge in [0.15, 0.2) is 5.43 Å². The van der Waals surface area contributed by atoms with Crippen LogP contribution in [0.1, 0.15) is 34.5 Å². The molecular formula is C30H32N2O5. The van der Waals surface area contributed by atoms with Crippen LogP contribution in [-0.2, 0) is 4.74 Å². The van der Waals surface area contributed by atoms with E-state index in [1.54, 1.807) is 12.1 Å². The highest BCUT2D eigenvalue weighted by molar-refractivity contribution is 5.95. The number of hydrogen-bond donors (Lipinski definition) is 1. The van der Waals surface area contributed by atoms with E-state index in [1.807, 2.05) is 76.5 Å². The van der Waals surface area contributed by atoms with Gasteiger partial charge in [0, 0.05) is 29.4 Å². The zero-order valence-electron chi connectivity index (χ0n) is 21.8. The number of nitrogens with one attached hydrogen (secondary N) is 1. The Kier molecular flexibility index (Phi) is 7.94. The summed E-state index contributed by atoms with van der Waals surface area (Å²) in [6.45, 7) is 5.32. The molecule has 0 aliphatic rings. The molecule has 4 rings (SSSR count). The monoisotopic (exact) mass is 500 g/mol. The fourth-order valence-corrected chi connectivity index (χ4v) is 4.17. The number of para-hydroxylation sites is 1. The zero-order valence-corrected chi connectivity index (χ0v) is 21.8. The molecule has 0 saturated carbocycles.